The van der Waals surface area contributed by atoms with Gasteiger partial charge in [-0.1, -0.05) is 64.4 Å². The molecule has 41 heavy (non-hydrogen) atoms. The van der Waals surface area contributed by atoms with E-state index in [1.165, 1.54) is 47.4 Å². The van der Waals surface area contributed by atoms with E-state index in [0.717, 1.165) is 25.7 Å². The van der Waals surface area contributed by atoms with Crippen LogP contribution in [0.25, 0.3) is 0 Å². The van der Waals surface area contributed by atoms with Crippen molar-refractivity contribution in [3.63, 3.8) is 0 Å². The summed E-state index contributed by atoms with van der Waals surface area (Å²) in [5.74, 6) is -0.532. The molecule has 0 aromatic heterocycles. The third kappa shape index (κ3) is 4.54. The van der Waals surface area contributed by atoms with E-state index < -0.39 is 5.78 Å². The maximum atomic E-state index is 12.3. The Kier molecular flexibility index (Phi) is 7.09. The average Bonchev–Trinajstić information content (AvgIpc) is 2.91. The van der Waals surface area contributed by atoms with E-state index in [9.17, 15) is 24.6 Å². The topological polar surface area (TPSA) is 118 Å². The van der Waals surface area contributed by atoms with Gasteiger partial charge in [0.2, 0.25) is 11.7 Å². The predicted octanol–water partition coefficient (Wildman–Crippen LogP) is 6.49. The average molecular weight is 554 g/mol. The van der Waals surface area contributed by atoms with Gasteiger partial charge in [-0.3, -0.25) is 14.4 Å². The number of aromatic hydroxyl groups is 2. The summed E-state index contributed by atoms with van der Waals surface area (Å²) in [4.78, 5) is 36.8. The Morgan fingerprint density at radius 2 is 1.63 bits per heavy atom. The third-order valence-corrected chi connectivity index (χ3v) is 9.85. The van der Waals surface area contributed by atoms with Crippen molar-refractivity contribution >= 4 is 17.5 Å². The predicted molar refractivity (Wildman–Crippen MR) is 159 cm³/mol. The van der Waals surface area contributed by atoms with Gasteiger partial charge in [0.15, 0.2) is 5.78 Å². The summed E-state index contributed by atoms with van der Waals surface area (Å²) >= 11 is 0. The van der Waals surface area contributed by atoms with E-state index in [4.69, 9.17) is 5.73 Å². The minimum absolute atomic E-state index is 0.0374. The van der Waals surface area contributed by atoms with Crippen LogP contribution in [0.15, 0.2) is 48.5 Å². The van der Waals surface area contributed by atoms with Gasteiger partial charge in [-0.2, -0.15) is 0 Å². The lowest BCUT2D eigenvalue weighted by atomic mass is 9.49. The summed E-state index contributed by atoms with van der Waals surface area (Å²) in [5.41, 5.74) is 10.9. The summed E-state index contributed by atoms with van der Waals surface area (Å²) in [6.45, 7) is 10.7. The molecule has 0 aliphatic heterocycles. The van der Waals surface area contributed by atoms with E-state index in [-0.39, 0.29) is 56.3 Å². The molecule has 6 heteroatoms. The minimum Gasteiger partial charge on any atom is -0.507 e. The van der Waals surface area contributed by atoms with Crippen LogP contribution in [-0.2, 0) is 16.6 Å². The first-order chi connectivity index (χ1) is 19.3. The molecule has 3 atom stereocenters. The molecule has 4 N–H and O–H groups in total. The van der Waals surface area contributed by atoms with Crippen LogP contribution in [0.5, 0.6) is 11.5 Å². The number of rotatable bonds is 2. The van der Waals surface area contributed by atoms with Crippen LogP contribution in [0.2, 0.25) is 0 Å². The number of carbonyl (C=O) groups is 3. The number of phenols is 2. The second kappa shape index (κ2) is 10.2. The number of fused-ring (bicyclic) bond motifs is 5. The van der Waals surface area contributed by atoms with Crippen LogP contribution in [0.1, 0.15) is 113 Å². The van der Waals surface area contributed by atoms with Crippen molar-refractivity contribution in [2.45, 2.75) is 78.1 Å². The number of amides is 1. The Morgan fingerprint density at radius 3 is 2.32 bits per heavy atom. The van der Waals surface area contributed by atoms with Crippen LogP contribution in [0.4, 0.5) is 0 Å². The molecular weight excluding hydrogens is 514 g/mol. The second-order valence-corrected chi connectivity index (χ2v) is 12.8. The highest BCUT2D eigenvalue weighted by Gasteiger charge is 2.54. The Morgan fingerprint density at radius 1 is 0.927 bits per heavy atom. The summed E-state index contributed by atoms with van der Waals surface area (Å²) in [7, 11) is 0. The number of phenolic OH excluding ortho intramolecular Hbond substituents is 2. The van der Waals surface area contributed by atoms with Crippen LogP contribution >= 0.6 is 0 Å². The quantitative estimate of drug-likeness (QED) is 0.262. The van der Waals surface area contributed by atoms with E-state index in [0.29, 0.717) is 17.4 Å². The fourth-order valence-electron chi connectivity index (χ4n) is 7.59. The number of ketones is 2. The van der Waals surface area contributed by atoms with Crippen molar-refractivity contribution in [1.29, 1.82) is 0 Å². The number of hydrogen-bond acceptors (Lipinski definition) is 5. The molecule has 1 saturated carbocycles. The Hall–Kier alpha value is -3.93. The van der Waals surface area contributed by atoms with Gasteiger partial charge in [-0.25, -0.2) is 0 Å². The number of nitrogens with two attached hydrogens (primary N) is 1. The number of carbonyl (C=O) groups excluding carboxylic acids is 3. The first-order valence-electron chi connectivity index (χ1n) is 14.5. The van der Waals surface area contributed by atoms with Crippen LogP contribution < -0.4 is 5.73 Å². The lowest BCUT2D eigenvalue weighted by molar-refractivity contribution is -0.135. The van der Waals surface area contributed by atoms with Crippen molar-refractivity contribution in [1.82, 2.24) is 0 Å². The van der Waals surface area contributed by atoms with Gasteiger partial charge in [0.1, 0.15) is 11.5 Å². The number of hydrogen-bond donors (Lipinski definition) is 3. The van der Waals surface area contributed by atoms with E-state index in [2.05, 4.69) is 45.9 Å². The molecule has 3 aromatic rings. The molecule has 0 saturated heterocycles. The van der Waals surface area contributed by atoms with Crippen LogP contribution in [0.3, 0.4) is 0 Å². The van der Waals surface area contributed by atoms with E-state index in [1.807, 2.05) is 0 Å². The highest BCUT2D eigenvalue weighted by molar-refractivity contribution is 6.30. The molecule has 1 amide bonds. The molecule has 3 unspecified atom stereocenters. The zero-order valence-corrected chi connectivity index (χ0v) is 24.5. The number of benzene rings is 3. The molecule has 0 bridgehead atoms. The normalized spacial score (nSPS) is 24.4. The zero-order chi connectivity index (χ0) is 29.9. The molecule has 3 aromatic carbocycles. The molecule has 3 aliphatic rings. The lowest BCUT2D eigenvalue weighted by Crippen LogP contribution is -2.54. The van der Waals surface area contributed by atoms with Crippen molar-refractivity contribution in [2.24, 2.45) is 17.1 Å². The standard InChI is InChI=1S/C20H29NO.C15H10O4/c1-13(2)14-6-8-16-15(12-14)7-9-17-19(16,3)10-5-11-20(17,4)18(21)22;1-7-5-9-13(11(17)6-7)15(19)12-8(14(9)18)3-2-4-10(12)16/h6,8,12-13,17H,5,7,9-11H2,1-4H3,(H2,21,22);2-6,16-17H,1H3. The maximum absolute atomic E-state index is 12.3. The largest absolute Gasteiger partial charge is 0.507 e. The minimum atomic E-state index is -0.528. The van der Waals surface area contributed by atoms with Gasteiger partial charge in [-0.15, -0.1) is 0 Å². The summed E-state index contributed by atoms with van der Waals surface area (Å²) in [6.07, 6.45) is 5.39. The first-order valence-corrected chi connectivity index (χ1v) is 14.5. The highest BCUT2D eigenvalue weighted by atomic mass is 16.3. The Labute approximate surface area is 241 Å². The third-order valence-electron chi connectivity index (χ3n) is 9.85. The molecule has 0 heterocycles. The van der Waals surface area contributed by atoms with Crippen molar-refractivity contribution in [3.05, 3.63) is 93.0 Å². The molecule has 0 radical (unpaired) electrons. The molecule has 6 rings (SSSR count). The molecule has 1 fully saturated rings. The Bertz CT molecular complexity index is 1590. The van der Waals surface area contributed by atoms with Gasteiger partial charge in [0.25, 0.3) is 0 Å². The van der Waals surface area contributed by atoms with Gasteiger partial charge in [-0.05, 0) is 90.3 Å². The number of aryl methyl sites for hydroxylation is 2. The van der Waals surface area contributed by atoms with Gasteiger partial charge in [0, 0.05) is 16.5 Å². The molecule has 6 nitrogen and oxygen atoms in total. The van der Waals surface area contributed by atoms with Crippen LogP contribution in [-0.4, -0.2) is 27.7 Å². The lowest BCUT2D eigenvalue weighted by Gasteiger charge is -2.54. The molecule has 3 aliphatic carbocycles. The summed E-state index contributed by atoms with van der Waals surface area (Å²) in [5, 5.41) is 19.6. The maximum Gasteiger partial charge on any atom is 0.223 e. The van der Waals surface area contributed by atoms with Crippen LogP contribution in [0, 0.1) is 18.3 Å². The van der Waals surface area contributed by atoms with E-state index >= 15 is 0 Å². The van der Waals surface area contributed by atoms with Crippen molar-refractivity contribution < 1.29 is 24.6 Å². The summed E-state index contributed by atoms with van der Waals surface area (Å²) in [6, 6.07) is 14.4. The molecule has 0 spiro atoms. The van der Waals surface area contributed by atoms with Crippen molar-refractivity contribution in [3.8, 4) is 11.5 Å². The van der Waals surface area contributed by atoms with Crippen molar-refractivity contribution in [2.75, 3.05) is 0 Å². The van der Waals surface area contributed by atoms with Gasteiger partial charge < -0.3 is 15.9 Å². The Balaban J connectivity index is 0.000000166. The monoisotopic (exact) mass is 553 g/mol. The first kappa shape index (κ1) is 28.6. The second-order valence-electron chi connectivity index (χ2n) is 12.8. The fourth-order valence-corrected chi connectivity index (χ4v) is 7.59. The smallest absolute Gasteiger partial charge is 0.223 e. The highest BCUT2D eigenvalue weighted by Crippen LogP contribution is 2.57. The summed E-state index contributed by atoms with van der Waals surface area (Å²) < 4.78 is 0. The van der Waals surface area contributed by atoms with Gasteiger partial charge >= 0.3 is 0 Å². The zero-order valence-electron chi connectivity index (χ0n) is 24.5. The molecular formula is C35H39NO5. The van der Waals surface area contributed by atoms with Gasteiger partial charge in [0.05, 0.1) is 11.1 Å². The number of primary amides is 1. The fraction of sp³-hybridized carbons (Fsp3) is 0.400. The molecule has 214 valence electrons. The SMILES string of the molecule is CC(C)c1ccc2c(c1)CCC1C(C)(C(N)=O)CCCC21C.Cc1cc(O)c2c(c1)C(=O)c1cccc(O)c1C2=O. The van der Waals surface area contributed by atoms with E-state index in [1.54, 1.807) is 13.0 Å².